The summed E-state index contributed by atoms with van der Waals surface area (Å²) in [7, 11) is 0. The third-order valence-corrected chi connectivity index (χ3v) is 3.61. The molecule has 0 aliphatic carbocycles. The fraction of sp³-hybridized carbons (Fsp3) is 0.133. The Hall–Kier alpha value is -1.91. The maximum Gasteiger partial charge on any atom is 0.182 e. The van der Waals surface area contributed by atoms with Gasteiger partial charge in [0.2, 0.25) is 0 Å². The van der Waals surface area contributed by atoms with Crippen molar-refractivity contribution in [3.63, 3.8) is 0 Å². The molecule has 2 aromatic heterocycles. The smallest absolute Gasteiger partial charge is 0.182 e. The Bertz CT molecular complexity index is 852. The van der Waals surface area contributed by atoms with Crippen LogP contribution in [0, 0.1) is 13.8 Å². The van der Waals surface area contributed by atoms with Crippen LogP contribution in [-0.2, 0) is 0 Å². The van der Waals surface area contributed by atoms with E-state index in [-0.39, 0.29) is 0 Å². The minimum absolute atomic E-state index is 0.467. The van der Waals surface area contributed by atoms with Crippen LogP contribution in [0.15, 0.2) is 46.8 Å². The molecule has 106 valence electrons. The van der Waals surface area contributed by atoms with Gasteiger partial charge in [0, 0.05) is 11.2 Å². The fourth-order valence-corrected chi connectivity index (χ4v) is 2.49. The lowest BCUT2D eigenvalue weighted by molar-refractivity contribution is 1.08. The van der Waals surface area contributed by atoms with Crippen molar-refractivity contribution in [3.05, 3.63) is 57.8 Å². The summed E-state index contributed by atoms with van der Waals surface area (Å²) >= 11 is 12.0. The number of hydrogen-bond donors (Lipinski definition) is 0. The molecule has 0 saturated carbocycles. The van der Waals surface area contributed by atoms with Crippen LogP contribution in [0.4, 0.5) is 11.5 Å². The van der Waals surface area contributed by atoms with E-state index in [4.69, 9.17) is 23.2 Å². The van der Waals surface area contributed by atoms with Gasteiger partial charge in [0.05, 0.1) is 10.7 Å². The van der Waals surface area contributed by atoms with Crippen molar-refractivity contribution in [2.45, 2.75) is 13.8 Å². The van der Waals surface area contributed by atoms with Gasteiger partial charge < -0.3 is 0 Å². The molecule has 3 aromatic rings. The first-order chi connectivity index (χ1) is 10.0. The summed E-state index contributed by atoms with van der Waals surface area (Å²) < 4.78 is 1.91. The molecule has 0 aliphatic rings. The van der Waals surface area contributed by atoms with Crippen LogP contribution in [0.5, 0.6) is 0 Å². The number of aromatic nitrogens is 2. The largest absolute Gasteiger partial charge is 0.283 e. The van der Waals surface area contributed by atoms with Crippen molar-refractivity contribution in [2.24, 2.45) is 10.2 Å². The second-order valence-corrected chi connectivity index (χ2v) is 5.59. The van der Waals surface area contributed by atoms with Crippen LogP contribution in [0.25, 0.3) is 5.65 Å². The van der Waals surface area contributed by atoms with Crippen molar-refractivity contribution < 1.29 is 0 Å². The summed E-state index contributed by atoms with van der Waals surface area (Å²) in [5.74, 6) is 0.694. The van der Waals surface area contributed by atoms with Crippen LogP contribution < -0.4 is 0 Å². The number of hydrogen-bond acceptors (Lipinski definition) is 3. The van der Waals surface area contributed by atoms with Gasteiger partial charge in [-0.3, -0.25) is 4.40 Å². The molecule has 0 spiro atoms. The summed E-state index contributed by atoms with van der Waals surface area (Å²) in [6.07, 6.45) is 1.98. The van der Waals surface area contributed by atoms with E-state index in [1.807, 2.05) is 36.6 Å². The Labute approximate surface area is 132 Å². The van der Waals surface area contributed by atoms with Gasteiger partial charge in [0.25, 0.3) is 0 Å². The molecule has 6 heteroatoms. The van der Waals surface area contributed by atoms with E-state index in [9.17, 15) is 0 Å². The highest BCUT2D eigenvalue weighted by atomic mass is 35.5. The van der Waals surface area contributed by atoms with Gasteiger partial charge in [-0.1, -0.05) is 29.3 Å². The number of pyridine rings is 1. The Balaban J connectivity index is 2.06. The number of imidazole rings is 1. The molecule has 0 amide bonds. The molecular formula is C15H12Cl2N4. The predicted molar refractivity (Wildman–Crippen MR) is 85.3 cm³/mol. The van der Waals surface area contributed by atoms with E-state index >= 15 is 0 Å². The Morgan fingerprint density at radius 3 is 2.62 bits per heavy atom. The van der Waals surface area contributed by atoms with Gasteiger partial charge in [-0.05, 0) is 43.7 Å². The van der Waals surface area contributed by atoms with Gasteiger partial charge >= 0.3 is 0 Å². The third-order valence-electron chi connectivity index (χ3n) is 3.07. The quantitative estimate of drug-likeness (QED) is 0.561. The second-order valence-electron chi connectivity index (χ2n) is 4.75. The molecule has 1 aromatic carbocycles. The molecule has 4 nitrogen and oxygen atoms in total. The lowest BCUT2D eigenvalue weighted by Crippen LogP contribution is -1.84. The number of rotatable bonds is 2. The molecule has 0 radical (unpaired) electrons. The van der Waals surface area contributed by atoms with Gasteiger partial charge in [0.15, 0.2) is 5.82 Å². The number of aryl methyl sites for hydroxylation is 2. The normalized spacial score (nSPS) is 11.6. The summed E-state index contributed by atoms with van der Waals surface area (Å²) in [5, 5.41) is 9.53. The molecule has 2 heterocycles. The van der Waals surface area contributed by atoms with E-state index in [2.05, 4.69) is 15.2 Å². The summed E-state index contributed by atoms with van der Waals surface area (Å²) in [5.41, 5.74) is 3.35. The lowest BCUT2D eigenvalue weighted by atomic mass is 10.3. The second kappa shape index (κ2) is 5.47. The fourth-order valence-electron chi connectivity index (χ4n) is 2.04. The van der Waals surface area contributed by atoms with Gasteiger partial charge in [-0.15, -0.1) is 10.2 Å². The zero-order valence-electron chi connectivity index (χ0n) is 11.5. The van der Waals surface area contributed by atoms with E-state index < -0.39 is 0 Å². The van der Waals surface area contributed by atoms with Crippen LogP contribution in [-0.4, -0.2) is 9.38 Å². The standard InChI is InChI=1S/C15H12Cl2N4/c1-9-3-6-14-18-10(2)15(21(14)8-9)20-19-13-5-4-11(16)7-12(13)17/h3-8H,1-2H3. The highest BCUT2D eigenvalue weighted by Crippen LogP contribution is 2.30. The minimum Gasteiger partial charge on any atom is -0.283 e. The maximum absolute atomic E-state index is 6.09. The molecule has 0 atom stereocenters. The third kappa shape index (κ3) is 2.77. The van der Waals surface area contributed by atoms with Gasteiger partial charge in [0.1, 0.15) is 11.3 Å². The molecule has 0 fully saturated rings. The first-order valence-electron chi connectivity index (χ1n) is 6.37. The average Bonchev–Trinajstić information content (AvgIpc) is 2.73. The number of halogens is 2. The van der Waals surface area contributed by atoms with Gasteiger partial charge in [-0.25, -0.2) is 4.98 Å². The highest BCUT2D eigenvalue weighted by molar-refractivity contribution is 6.36. The molecule has 0 saturated heterocycles. The van der Waals surface area contributed by atoms with E-state index in [0.717, 1.165) is 16.9 Å². The lowest BCUT2D eigenvalue weighted by Gasteiger charge is -1.99. The van der Waals surface area contributed by atoms with Gasteiger partial charge in [-0.2, -0.15) is 0 Å². The molecule has 3 rings (SSSR count). The van der Waals surface area contributed by atoms with Crippen molar-refractivity contribution in [1.29, 1.82) is 0 Å². The average molecular weight is 319 g/mol. The van der Waals surface area contributed by atoms with Crippen molar-refractivity contribution >= 4 is 40.4 Å². The zero-order valence-corrected chi connectivity index (χ0v) is 13.0. The van der Waals surface area contributed by atoms with E-state index in [1.165, 1.54) is 0 Å². The first kappa shape index (κ1) is 14.0. The molecule has 0 aliphatic heterocycles. The Morgan fingerprint density at radius 2 is 1.86 bits per heavy atom. The van der Waals surface area contributed by atoms with E-state index in [1.54, 1.807) is 18.2 Å². The van der Waals surface area contributed by atoms with Crippen LogP contribution in [0.2, 0.25) is 10.0 Å². The number of azo groups is 1. The highest BCUT2D eigenvalue weighted by Gasteiger charge is 2.08. The zero-order chi connectivity index (χ0) is 15.0. The molecule has 0 bridgehead atoms. The molecular weight excluding hydrogens is 307 g/mol. The van der Waals surface area contributed by atoms with Crippen molar-refractivity contribution in [1.82, 2.24) is 9.38 Å². The van der Waals surface area contributed by atoms with Crippen molar-refractivity contribution in [3.8, 4) is 0 Å². The summed E-state index contributed by atoms with van der Waals surface area (Å²) in [6, 6.07) is 9.07. The summed E-state index contributed by atoms with van der Waals surface area (Å²) in [4.78, 5) is 4.46. The summed E-state index contributed by atoms with van der Waals surface area (Å²) in [6.45, 7) is 3.92. The molecule has 0 unspecified atom stereocenters. The Kier molecular flexibility index (Phi) is 3.66. The topological polar surface area (TPSA) is 42.0 Å². The predicted octanol–water partition coefficient (Wildman–Crippen LogP) is 5.67. The van der Waals surface area contributed by atoms with Crippen molar-refractivity contribution in [2.75, 3.05) is 0 Å². The first-order valence-corrected chi connectivity index (χ1v) is 7.12. The monoisotopic (exact) mass is 318 g/mol. The number of benzene rings is 1. The maximum atomic E-state index is 6.09. The SMILES string of the molecule is Cc1ccc2nc(C)c(N=Nc3ccc(Cl)cc3Cl)n2c1. The van der Waals surface area contributed by atoms with Crippen LogP contribution >= 0.6 is 23.2 Å². The number of fused-ring (bicyclic) bond motifs is 1. The Morgan fingerprint density at radius 1 is 1.05 bits per heavy atom. The van der Waals surface area contributed by atoms with Crippen LogP contribution in [0.3, 0.4) is 0 Å². The molecule has 21 heavy (non-hydrogen) atoms. The van der Waals surface area contributed by atoms with Crippen LogP contribution in [0.1, 0.15) is 11.3 Å². The van der Waals surface area contributed by atoms with E-state index in [0.29, 0.717) is 21.6 Å². The minimum atomic E-state index is 0.467. The number of nitrogens with zero attached hydrogens (tertiary/aromatic N) is 4. The molecule has 0 N–H and O–H groups in total.